The number of hydrogen-bond acceptors (Lipinski definition) is 6. The number of fused-ring (bicyclic) bond motifs is 1. The Morgan fingerprint density at radius 2 is 1.92 bits per heavy atom. The van der Waals surface area contributed by atoms with Crippen molar-refractivity contribution >= 4 is 48.4 Å². The van der Waals surface area contributed by atoms with Crippen molar-refractivity contribution in [3.8, 4) is 0 Å². The third-order valence-corrected chi connectivity index (χ3v) is 6.15. The summed E-state index contributed by atoms with van der Waals surface area (Å²) >= 11 is 1.16. The van der Waals surface area contributed by atoms with Gasteiger partial charge in [0.25, 0.3) is 0 Å². The molecule has 2 aromatic rings. The summed E-state index contributed by atoms with van der Waals surface area (Å²) in [6.45, 7) is 0. The Labute approximate surface area is 148 Å². The number of thiazole rings is 1. The Bertz CT molecular complexity index is 978. The molecule has 9 heteroatoms. The van der Waals surface area contributed by atoms with Gasteiger partial charge in [0.1, 0.15) is 0 Å². The minimum Gasteiger partial charge on any atom is -0.481 e. The zero-order valence-electron chi connectivity index (χ0n) is 13.3. The van der Waals surface area contributed by atoms with E-state index in [0.29, 0.717) is 28.2 Å². The van der Waals surface area contributed by atoms with Crippen LogP contribution in [0.4, 0.5) is 5.13 Å². The maximum Gasteiger partial charge on any atom is 0.307 e. The minimum absolute atomic E-state index is 0.185. The van der Waals surface area contributed by atoms with Crippen molar-refractivity contribution in [2.75, 3.05) is 11.6 Å². The Morgan fingerprint density at radius 1 is 1.24 bits per heavy atom. The van der Waals surface area contributed by atoms with E-state index in [9.17, 15) is 23.1 Å². The molecule has 1 aromatic heterocycles. The van der Waals surface area contributed by atoms with E-state index in [1.165, 1.54) is 12.1 Å². The number of aromatic nitrogens is 1. The lowest BCUT2D eigenvalue weighted by atomic mass is 9.82. The molecule has 1 heterocycles. The molecule has 2 atom stereocenters. The van der Waals surface area contributed by atoms with Gasteiger partial charge in [-0.1, -0.05) is 23.5 Å². The quantitative estimate of drug-likeness (QED) is 0.787. The summed E-state index contributed by atoms with van der Waals surface area (Å²) in [6, 6.07) is 4.57. The van der Waals surface area contributed by atoms with Crippen molar-refractivity contribution in [2.45, 2.75) is 17.7 Å². The molecule has 1 aliphatic carbocycles. The summed E-state index contributed by atoms with van der Waals surface area (Å²) in [4.78, 5) is 28.2. The number of anilines is 1. The van der Waals surface area contributed by atoms with Crippen LogP contribution >= 0.6 is 11.3 Å². The summed E-state index contributed by atoms with van der Waals surface area (Å²) < 4.78 is 23.9. The molecule has 0 radical (unpaired) electrons. The van der Waals surface area contributed by atoms with Crippen molar-refractivity contribution < 1.29 is 23.1 Å². The number of carbonyl (C=O) groups is 2. The monoisotopic (exact) mass is 380 g/mol. The van der Waals surface area contributed by atoms with Crippen LogP contribution in [0.25, 0.3) is 10.2 Å². The van der Waals surface area contributed by atoms with Gasteiger partial charge in [0, 0.05) is 6.26 Å². The Kier molecular flexibility index (Phi) is 4.61. The van der Waals surface area contributed by atoms with Gasteiger partial charge in [0.15, 0.2) is 15.0 Å². The number of carboxylic acids is 1. The SMILES string of the molecule is CS(=O)(=O)c1ccc2nc(NC(=O)[C@@H]3CC=CC[C@H]3C(=O)O)sc2c1. The molecule has 0 fully saturated rings. The van der Waals surface area contributed by atoms with E-state index in [1.807, 2.05) is 0 Å². The Morgan fingerprint density at radius 3 is 2.56 bits per heavy atom. The van der Waals surface area contributed by atoms with E-state index in [4.69, 9.17) is 0 Å². The second-order valence-corrected chi connectivity index (χ2v) is 8.95. The molecular weight excluding hydrogens is 364 g/mol. The molecule has 1 aromatic carbocycles. The molecule has 0 spiro atoms. The lowest BCUT2D eigenvalue weighted by Crippen LogP contribution is -2.34. The number of aliphatic carboxylic acids is 1. The number of benzene rings is 1. The molecular formula is C16H16N2O5S2. The number of nitrogens with zero attached hydrogens (tertiary/aromatic N) is 1. The van der Waals surface area contributed by atoms with Crippen LogP contribution in [0.5, 0.6) is 0 Å². The zero-order valence-corrected chi connectivity index (χ0v) is 14.9. The Hall–Kier alpha value is -2.26. The predicted molar refractivity (Wildman–Crippen MR) is 94.3 cm³/mol. The average molecular weight is 380 g/mol. The highest BCUT2D eigenvalue weighted by molar-refractivity contribution is 7.90. The normalized spacial score (nSPS) is 20.5. The van der Waals surface area contributed by atoms with Gasteiger partial charge in [-0.05, 0) is 31.0 Å². The molecule has 0 bridgehead atoms. The van der Waals surface area contributed by atoms with Crippen LogP contribution in [0.1, 0.15) is 12.8 Å². The molecule has 0 unspecified atom stereocenters. The highest BCUT2D eigenvalue weighted by atomic mass is 32.2. The van der Waals surface area contributed by atoms with Crippen molar-refractivity contribution in [1.29, 1.82) is 0 Å². The van der Waals surface area contributed by atoms with Gasteiger partial charge < -0.3 is 10.4 Å². The number of hydrogen-bond donors (Lipinski definition) is 2. The van der Waals surface area contributed by atoms with Crippen LogP contribution in [-0.2, 0) is 19.4 Å². The maximum atomic E-state index is 12.4. The fraction of sp³-hybridized carbons (Fsp3) is 0.312. The molecule has 0 aliphatic heterocycles. The largest absolute Gasteiger partial charge is 0.481 e. The molecule has 25 heavy (non-hydrogen) atoms. The second kappa shape index (κ2) is 6.57. The first kappa shape index (κ1) is 17.6. The summed E-state index contributed by atoms with van der Waals surface area (Å²) in [5.74, 6) is -2.79. The standard InChI is InChI=1S/C16H16N2O5S2/c1-25(22,23)9-6-7-12-13(8-9)24-16(17-12)18-14(19)10-4-2-3-5-11(10)15(20)21/h2-3,6-8,10-11H,4-5H2,1H3,(H,20,21)(H,17,18,19)/t10-,11-/m1/s1. The average Bonchev–Trinajstić information content (AvgIpc) is 2.95. The van der Waals surface area contributed by atoms with Crippen molar-refractivity contribution in [3.63, 3.8) is 0 Å². The fourth-order valence-electron chi connectivity index (χ4n) is 2.76. The van der Waals surface area contributed by atoms with Gasteiger partial charge in [-0.25, -0.2) is 13.4 Å². The van der Waals surface area contributed by atoms with E-state index in [1.54, 1.807) is 18.2 Å². The molecule has 1 amide bonds. The molecule has 2 N–H and O–H groups in total. The predicted octanol–water partition coefficient (Wildman–Crippen LogP) is 2.31. The van der Waals surface area contributed by atoms with Crippen LogP contribution in [0.15, 0.2) is 35.2 Å². The molecule has 132 valence electrons. The molecule has 7 nitrogen and oxygen atoms in total. The number of carbonyl (C=O) groups excluding carboxylic acids is 1. The summed E-state index contributed by atoms with van der Waals surface area (Å²) in [5, 5.41) is 12.3. The van der Waals surface area contributed by atoms with E-state index in [-0.39, 0.29) is 10.8 Å². The first-order chi connectivity index (χ1) is 11.8. The van der Waals surface area contributed by atoms with E-state index < -0.39 is 27.6 Å². The highest BCUT2D eigenvalue weighted by Gasteiger charge is 2.34. The van der Waals surface area contributed by atoms with Gasteiger partial charge in [0.05, 0.1) is 26.9 Å². The first-order valence-electron chi connectivity index (χ1n) is 7.55. The van der Waals surface area contributed by atoms with Crippen LogP contribution in [0, 0.1) is 11.8 Å². The number of allylic oxidation sites excluding steroid dienone is 2. The molecule has 3 rings (SSSR count). The van der Waals surface area contributed by atoms with Gasteiger partial charge in [-0.3, -0.25) is 9.59 Å². The first-order valence-corrected chi connectivity index (χ1v) is 10.3. The van der Waals surface area contributed by atoms with Crippen LogP contribution < -0.4 is 5.32 Å². The highest BCUT2D eigenvalue weighted by Crippen LogP contribution is 2.31. The summed E-state index contributed by atoms with van der Waals surface area (Å²) in [6.07, 6.45) is 5.39. The molecule has 1 aliphatic rings. The maximum absolute atomic E-state index is 12.4. The van der Waals surface area contributed by atoms with Crippen LogP contribution in [0.3, 0.4) is 0 Å². The number of carboxylic acid groups (broad SMARTS) is 1. The van der Waals surface area contributed by atoms with E-state index in [0.717, 1.165) is 17.6 Å². The van der Waals surface area contributed by atoms with Gasteiger partial charge in [-0.2, -0.15) is 0 Å². The van der Waals surface area contributed by atoms with Crippen LogP contribution in [0.2, 0.25) is 0 Å². The molecule has 0 saturated heterocycles. The zero-order chi connectivity index (χ0) is 18.2. The van der Waals surface area contributed by atoms with E-state index in [2.05, 4.69) is 10.3 Å². The summed E-state index contributed by atoms with van der Waals surface area (Å²) in [7, 11) is -3.32. The van der Waals surface area contributed by atoms with Crippen molar-refractivity contribution in [3.05, 3.63) is 30.4 Å². The summed E-state index contributed by atoms with van der Waals surface area (Å²) in [5.41, 5.74) is 0.575. The lowest BCUT2D eigenvalue weighted by molar-refractivity contribution is -0.146. The van der Waals surface area contributed by atoms with Crippen molar-refractivity contribution in [2.24, 2.45) is 11.8 Å². The van der Waals surface area contributed by atoms with Crippen LogP contribution in [-0.4, -0.2) is 36.6 Å². The minimum atomic E-state index is -3.32. The van der Waals surface area contributed by atoms with Gasteiger partial charge in [0.2, 0.25) is 5.91 Å². The number of amides is 1. The number of rotatable bonds is 4. The number of nitrogens with one attached hydrogen (secondary N) is 1. The number of sulfone groups is 1. The van der Waals surface area contributed by atoms with E-state index >= 15 is 0 Å². The topological polar surface area (TPSA) is 113 Å². The smallest absolute Gasteiger partial charge is 0.307 e. The lowest BCUT2D eigenvalue weighted by Gasteiger charge is -2.23. The van der Waals surface area contributed by atoms with Crippen molar-refractivity contribution in [1.82, 2.24) is 4.98 Å². The third-order valence-electron chi connectivity index (χ3n) is 4.10. The van der Waals surface area contributed by atoms with Gasteiger partial charge in [-0.15, -0.1) is 0 Å². The molecule has 0 saturated carbocycles. The van der Waals surface area contributed by atoms with Gasteiger partial charge >= 0.3 is 5.97 Å². The third kappa shape index (κ3) is 3.72. The second-order valence-electron chi connectivity index (χ2n) is 5.90. The Balaban J connectivity index is 1.84. The fourth-order valence-corrected chi connectivity index (χ4v) is 4.39.